The lowest BCUT2D eigenvalue weighted by atomic mass is 10.0. The van der Waals surface area contributed by atoms with Crippen molar-refractivity contribution in [2.45, 2.75) is 44.3 Å². The number of carbonyl (C=O) groups is 2. The molecule has 3 fully saturated rings. The first-order chi connectivity index (χ1) is 24.2. The van der Waals surface area contributed by atoms with Gasteiger partial charge in [0, 0.05) is 65.7 Å². The molecule has 0 radical (unpaired) electrons. The summed E-state index contributed by atoms with van der Waals surface area (Å²) in [5, 5.41) is 1.55. The summed E-state index contributed by atoms with van der Waals surface area (Å²) in [5.41, 5.74) is 12.1. The van der Waals surface area contributed by atoms with Crippen molar-refractivity contribution < 1.29 is 19.1 Å². The van der Waals surface area contributed by atoms with Crippen LogP contribution in [0.4, 0.5) is 0 Å². The maximum atomic E-state index is 13.8. The zero-order chi connectivity index (χ0) is 34.4. The van der Waals surface area contributed by atoms with E-state index in [-0.39, 0.29) is 29.1 Å². The zero-order valence-corrected chi connectivity index (χ0v) is 28.1. The standard InChI is InChI=1S/C38H37N7O5/c1-43-34-28(13-23(15-31(34)49-2)37(47)45-18-22-8-11-29(45)33(22)39)42-36(43)30-14-21-7-9-26(41-35(21)44(30)17-19-4-5-19)20-6-10-27-24(12-20)25(38(48)50-3)16-32(46)40-27/h6-7,9-10,12-16,19,22,29,33H,4-5,8,11,17-18,39H2,1-3H3,(H,40,46)/t22-,29-,33-/m1/s1. The normalized spacial score (nSPS) is 20.0. The molecule has 1 saturated heterocycles. The molecular weight excluding hydrogens is 634 g/mol. The van der Waals surface area contributed by atoms with Gasteiger partial charge in [0.1, 0.15) is 16.9 Å². The number of methoxy groups -OCH3 is 2. The number of aromatic nitrogens is 5. The van der Waals surface area contributed by atoms with Crippen LogP contribution in [0.1, 0.15) is 46.4 Å². The van der Waals surface area contributed by atoms with Crippen LogP contribution >= 0.6 is 0 Å². The van der Waals surface area contributed by atoms with Gasteiger partial charge < -0.3 is 34.2 Å². The molecule has 2 aromatic carbocycles. The van der Waals surface area contributed by atoms with Crippen molar-refractivity contribution in [2.24, 2.45) is 24.6 Å². The van der Waals surface area contributed by atoms with Gasteiger partial charge in [-0.25, -0.2) is 14.8 Å². The van der Waals surface area contributed by atoms with E-state index in [0.717, 1.165) is 71.6 Å². The van der Waals surface area contributed by atoms with Crippen LogP contribution in [-0.2, 0) is 18.3 Å². The number of nitrogens with one attached hydrogen (secondary N) is 1. The number of esters is 1. The Bertz CT molecular complexity index is 2460. The Hall–Kier alpha value is -5.49. The van der Waals surface area contributed by atoms with Crippen molar-refractivity contribution in [3.63, 3.8) is 0 Å². The number of aryl methyl sites for hydroxylation is 1. The van der Waals surface area contributed by atoms with Gasteiger partial charge in [-0.15, -0.1) is 0 Å². The molecule has 5 heterocycles. The summed E-state index contributed by atoms with van der Waals surface area (Å²) in [4.78, 5) is 53.6. The van der Waals surface area contributed by atoms with Gasteiger partial charge in [-0.1, -0.05) is 6.07 Å². The molecule has 2 saturated carbocycles. The number of ether oxygens (including phenoxy) is 2. The third-order valence-electron chi connectivity index (χ3n) is 11.0. The molecule has 50 heavy (non-hydrogen) atoms. The Kier molecular flexibility index (Phi) is 6.89. The van der Waals surface area contributed by atoms with Gasteiger partial charge in [-0.3, -0.25) is 9.59 Å². The summed E-state index contributed by atoms with van der Waals surface area (Å²) in [6.07, 6.45) is 4.33. The number of amides is 1. The monoisotopic (exact) mass is 671 g/mol. The molecule has 2 aliphatic carbocycles. The number of hydrogen-bond acceptors (Lipinski definition) is 8. The van der Waals surface area contributed by atoms with Crippen LogP contribution in [-0.4, -0.2) is 73.7 Å². The van der Waals surface area contributed by atoms with Crippen molar-refractivity contribution >= 4 is 44.8 Å². The molecule has 9 rings (SSSR count). The van der Waals surface area contributed by atoms with Crippen LogP contribution in [0.5, 0.6) is 5.75 Å². The quantitative estimate of drug-likeness (QED) is 0.229. The Morgan fingerprint density at radius 3 is 2.56 bits per heavy atom. The SMILES string of the molecule is COC(=O)c1cc(=O)[nH]c2ccc(-c3ccc4cc(-c5nc6cc(C(=O)N7C[C@H]8CC[C@@H]7[C@@H]8N)cc(OC)c6n5C)n(CC5CC5)c4n3)cc12. The van der Waals surface area contributed by atoms with Gasteiger partial charge >= 0.3 is 5.97 Å². The third-order valence-corrected chi connectivity index (χ3v) is 11.0. The molecular formula is C38H37N7O5. The van der Waals surface area contributed by atoms with E-state index in [4.69, 9.17) is 25.2 Å². The zero-order valence-electron chi connectivity index (χ0n) is 28.1. The lowest BCUT2D eigenvalue weighted by Crippen LogP contribution is -2.41. The van der Waals surface area contributed by atoms with Crippen molar-refractivity contribution in [3.8, 4) is 28.5 Å². The van der Waals surface area contributed by atoms with Crippen LogP contribution < -0.4 is 16.0 Å². The van der Waals surface area contributed by atoms with Crippen molar-refractivity contribution in [2.75, 3.05) is 20.8 Å². The number of rotatable bonds is 7. The molecule has 12 nitrogen and oxygen atoms in total. The van der Waals surface area contributed by atoms with E-state index in [2.05, 4.69) is 21.7 Å². The first-order valence-corrected chi connectivity index (χ1v) is 17.1. The number of pyridine rings is 2. The highest BCUT2D eigenvalue weighted by molar-refractivity contribution is 6.04. The minimum absolute atomic E-state index is 0.0293. The average molecular weight is 672 g/mol. The van der Waals surface area contributed by atoms with E-state index in [0.29, 0.717) is 46.1 Å². The van der Waals surface area contributed by atoms with E-state index in [1.165, 1.54) is 13.2 Å². The van der Waals surface area contributed by atoms with E-state index < -0.39 is 5.97 Å². The van der Waals surface area contributed by atoms with Crippen LogP contribution in [0, 0.1) is 11.8 Å². The maximum Gasteiger partial charge on any atom is 0.338 e. The van der Waals surface area contributed by atoms with Crippen molar-refractivity contribution in [3.05, 3.63) is 76.1 Å². The Morgan fingerprint density at radius 2 is 1.84 bits per heavy atom. The number of benzene rings is 2. The second-order valence-corrected chi connectivity index (χ2v) is 14.0. The van der Waals surface area contributed by atoms with E-state index in [1.54, 1.807) is 13.2 Å². The molecule has 3 atom stereocenters. The molecule has 0 unspecified atom stereocenters. The number of hydrogen-bond donors (Lipinski definition) is 2. The molecule has 1 aliphatic heterocycles. The van der Waals surface area contributed by atoms with Gasteiger partial charge in [-0.2, -0.15) is 0 Å². The topological polar surface area (TPSA) is 150 Å². The van der Waals surface area contributed by atoms with Crippen LogP contribution in [0.25, 0.3) is 55.7 Å². The lowest BCUT2D eigenvalue weighted by Gasteiger charge is -2.27. The Balaban J connectivity index is 1.15. The predicted octanol–water partition coefficient (Wildman–Crippen LogP) is 4.87. The highest BCUT2D eigenvalue weighted by Gasteiger charge is 2.47. The van der Waals surface area contributed by atoms with E-state index in [1.807, 2.05) is 46.8 Å². The molecule has 3 aliphatic rings. The summed E-state index contributed by atoms with van der Waals surface area (Å²) in [5.74, 6) is 1.65. The van der Waals surface area contributed by atoms with Gasteiger partial charge in [0.15, 0.2) is 5.82 Å². The molecule has 6 aromatic rings. The summed E-state index contributed by atoms with van der Waals surface area (Å²) in [6, 6.07) is 16.8. The number of imidazole rings is 1. The summed E-state index contributed by atoms with van der Waals surface area (Å²) in [7, 11) is 4.90. The predicted molar refractivity (Wildman–Crippen MR) is 189 cm³/mol. The largest absolute Gasteiger partial charge is 0.494 e. The number of piperidine rings is 1. The maximum absolute atomic E-state index is 13.8. The first-order valence-electron chi connectivity index (χ1n) is 17.1. The van der Waals surface area contributed by atoms with Crippen LogP contribution in [0.2, 0.25) is 0 Å². The fourth-order valence-electron chi connectivity index (χ4n) is 8.18. The molecule has 2 bridgehead atoms. The van der Waals surface area contributed by atoms with Crippen LogP contribution in [0.15, 0.2) is 59.4 Å². The van der Waals surface area contributed by atoms with E-state index >= 15 is 0 Å². The number of H-pyrrole nitrogens is 1. The molecule has 4 aromatic heterocycles. The fourth-order valence-corrected chi connectivity index (χ4v) is 8.18. The molecule has 3 N–H and O–H groups in total. The fraction of sp³-hybridized carbons (Fsp3) is 0.342. The number of nitrogens with two attached hydrogens (primary N) is 1. The van der Waals surface area contributed by atoms with Crippen molar-refractivity contribution in [1.29, 1.82) is 0 Å². The highest BCUT2D eigenvalue weighted by atomic mass is 16.5. The van der Waals surface area contributed by atoms with Gasteiger partial charge in [0.25, 0.3) is 5.91 Å². The number of nitrogens with zero attached hydrogens (tertiary/aromatic N) is 5. The number of aromatic amines is 1. The average Bonchev–Trinajstić information content (AvgIpc) is 3.53. The minimum Gasteiger partial charge on any atom is -0.494 e. The summed E-state index contributed by atoms with van der Waals surface area (Å²) < 4.78 is 15.1. The smallest absolute Gasteiger partial charge is 0.338 e. The first kappa shape index (κ1) is 30.6. The van der Waals surface area contributed by atoms with E-state index in [9.17, 15) is 14.4 Å². The number of carbonyl (C=O) groups excluding carboxylic acids is 2. The number of fused-ring (bicyclic) bond motifs is 5. The second kappa shape index (κ2) is 11.3. The van der Waals surface area contributed by atoms with Gasteiger partial charge in [0.05, 0.1) is 36.7 Å². The third kappa shape index (κ3) is 4.72. The number of likely N-dealkylation sites (tertiary alicyclic amines) is 1. The van der Waals surface area contributed by atoms with Gasteiger partial charge in [0.2, 0.25) is 5.56 Å². The summed E-state index contributed by atoms with van der Waals surface area (Å²) >= 11 is 0. The molecule has 1 amide bonds. The van der Waals surface area contributed by atoms with Crippen molar-refractivity contribution in [1.82, 2.24) is 29.0 Å². The van der Waals surface area contributed by atoms with Gasteiger partial charge in [-0.05, 0) is 80.0 Å². The molecule has 254 valence electrons. The van der Waals surface area contributed by atoms with Crippen LogP contribution in [0.3, 0.4) is 0 Å². The second-order valence-electron chi connectivity index (χ2n) is 14.0. The highest BCUT2D eigenvalue weighted by Crippen LogP contribution is 2.40. The summed E-state index contributed by atoms with van der Waals surface area (Å²) in [6.45, 7) is 1.49. The lowest BCUT2D eigenvalue weighted by molar-refractivity contribution is 0.0602. The molecule has 12 heteroatoms. The minimum atomic E-state index is -0.576. The molecule has 0 spiro atoms. The Labute approximate surface area is 286 Å². The Morgan fingerprint density at radius 1 is 1.00 bits per heavy atom.